The van der Waals surface area contributed by atoms with Gasteiger partial charge in [-0.15, -0.1) is 0 Å². The van der Waals surface area contributed by atoms with Gasteiger partial charge in [0.15, 0.2) is 0 Å². The summed E-state index contributed by atoms with van der Waals surface area (Å²) < 4.78 is 23.1. The lowest BCUT2D eigenvalue weighted by Crippen LogP contribution is -2.57. The molecule has 190 valence electrons. The predicted octanol–water partition coefficient (Wildman–Crippen LogP) is 2.74. The van der Waals surface area contributed by atoms with E-state index in [-0.39, 0.29) is 25.5 Å². The molecule has 0 bridgehead atoms. The van der Waals surface area contributed by atoms with E-state index in [1.165, 1.54) is 0 Å². The zero-order chi connectivity index (χ0) is 24.7. The molecule has 0 aromatic heterocycles. The Morgan fingerprint density at radius 3 is 2.60 bits per heavy atom. The number of ether oxygens (including phenoxy) is 4. The number of carbonyl (C=O) groups is 1. The number of aliphatic hydroxyl groups is 1. The summed E-state index contributed by atoms with van der Waals surface area (Å²) in [5.41, 5.74) is 1.02. The van der Waals surface area contributed by atoms with Crippen molar-refractivity contribution in [3.05, 3.63) is 58.6 Å². The van der Waals surface area contributed by atoms with Gasteiger partial charge in [-0.3, -0.25) is 9.69 Å². The van der Waals surface area contributed by atoms with Gasteiger partial charge < -0.3 is 29.0 Å². The summed E-state index contributed by atoms with van der Waals surface area (Å²) in [6.45, 7) is 4.86. The van der Waals surface area contributed by atoms with Crippen LogP contribution in [0, 0.1) is 0 Å². The molecule has 2 aliphatic rings. The van der Waals surface area contributed by atoms with Gasteiger partial charge in [0.1, 0.15) is 23.7 Å². The predicted molar refractivity (Wildman–Crippen MR) is 132 cm³/mol. The molecular formula is C26H33ClN2O6. The summed E-state index contributed by atoms with van der Waals surface area (Å²) in [6.07, 6.45) is 0.224. The number of nitrogens with zero attached hydrogens (tertiary/aromatic N) is 2. The third-order valence-corrected chi connectivity index (χ3v) is 6.65. The maximum atomic E-state index is 13.2. The summed E-state index contributed by atoms with van der Waals surface area (Å²) in [4.78, 5) is 17.3. The standard InChI is InChI=1S/C26H33ClN2O6/c1-32-24-7-2-20(14-21(24)17-30)16-28-8-13-35-26(18-28,15-25(31)29-9-11-33-12-10-29)19-34-23-5-3-22(27)4-6-23/h2-7,14,30H,8-13,15-19H2,1H3. The summed E-state index contributed by atoms with van der Waals surface area (Å²) in [5.74, 6) is 1.39. The summed E-state index contributed by atoms with van der Waals surface area (Å²) in [5, 5.41) is 10.3. The third kappa shape index (κ3) is 6.86. The van der Waals surface area contributed by atoms with Gasteiger partial charge in [-0.05, 0) is 42.0 Å². The van der Waals surface area contributed by atoms with Crippen LogP contribution in [0.25, 0.3) is 0 Å². The van der Waals surface area contributed by atoms with E-state index >= 15 is 0 Å². The molecule has 8 nitrogen and oxygen atoms in total. The number of hydrogen-bond acceptors (Lipinski definition) is 7. The van der Waals surface area contributed by atoms with Crippen molar-refractivity contribution in [3.8, 4) is 11.5 Å². The van der Waals surface area contributed by atoms with E-state index < -0.39 is 5.60 Å². The molecule has 2 heterocycles. The van der Waals surface area contributed by atoms with Crippen LogP contribution < -0.4 is 9.47 Å². The molecule has 2 aromatic rings. The third-order valence-electron chi connectivity index (χ3n) is 6.40. The van der Waals surface area contributed by atoms with E-state index in [2.05, 4.69) is 4.90 Å². The number of rotatable bonds is 9. The van der Waals surface area contributed by atoms with E-state index in [0.29, 0.717) is 62.5 Å². The van der Waals surface area contributed by atoms with Gasteiger partial charge in [0.25, 0.3) is 0 Å². The number of morpholine rings is 2. The Morgan fingerprint density at radius 2 is 1.89 bits per heavy atom. The SMILES string of the molecule is COc1ccc(CN2CCOC(COc3ccc(Cl)cc3)(CC(=O)N3CCOCC3)C2)cc1CO. The molecule has 9 heteroatoms. The second-order valence-corrected chi connectivity index (χ2v) is 9.40. The molecule has 1 N–H and O–H groups in total. The van der Waals surface area contributed by atoms with Gasteiger partial charge in [-0.2, -0.15) is 0 Å². The lowest BCUT2D eigenvalue weighted by Gasteiger charge is -2.43. The fourth-order valence-corrected chi connectivity index (χ4v) is 4.69. The Labute approximate surface area is 211 Å². The maximum absolute atomic E-state index is 13.2. The molecule has 1 unspecified atom stereocenters. The Kier molecular flexibility index (Phi) is 8.86. The molecular weight excluding hydrogens is 472 g/mol. The molecule has 2 aromatic carbocycles. The summed E-state index contributed by atoms with van der Waals surface area (Å²) in [6, 6.07) is 13.0. The normalized spacial score (nSPS) is 21.1. The van der Waals surface area contributed by atoms with Crippen LogP contribution in [0.4, 0.5) is 0 Å². The van der Waals surface area contributed by atoms with Crippen molar-refractivity contribution in [1.82, 2.24) is 9.80 Å². The molecule has 1 amide bonds. The zero-order valence-corrected chi connectivity index (χ0v) is 20.8. The number of hydrogen-bond donors (Lipinski definition) is 1. The fraction of sp³-hybridized carbons (Fsp3) is 0.500. The Hall–Kier alpha value is -2.36. The lowest BCUT2D eigenvalue weighted by atomic mass is 9.96. The van der Waals surface area contributed by atoms with Gasteiger partial charge in [0.05, 0.1) is 40.0 Å². The highest BCUT2D eigenvalue weighted by atomic mass is 35.5. The van der Waals surface area contributed by atoms with Crippen LogP contribution >= 0.6 is 11.6 Å². The number of methoxy groups -OCH3 is 1. The van der Waals surface area contributed by atoms with Crippen molar-refractivity contribution in [2.45, 2.75) is 25.2 Å². The van der Waals surface area contributed by atoms with Crippen LogP contribution in [0.2, 0.25) is 5.02 Å². The second-order valence-electron chi connectivity index (χ2n) is 8.96. The summed E-state index contributed by atoms with van der Waals surface area (Å²) >= 11 is 6.01. The van der Waals surface area contributed by atoms with Gasteiger partial charge in [-0.25, -0.2) is 0 Å². The first kappa shape index (κ1) is 25.7. The minimum absolute atomic E-state index is 0.0434. The van der Waals surface area contributed by atoms with Gasteiger partial charge >= 0.3 is 0 Å². The van der Waals surface area contributed by atoms with E-state index in [1.807, 2.05) is 35.2 Å². The van der Waals surface area contributed by atoms with Gasteiger partial charge in [0, 0.05) is 43.3 Å². The number of amides is 1. The molecule has 2 aliphatic heterocycles. The molecule has 0 aliphatic carbocycles. The number of carbonyl (C=O) groups excluding carboxylic acids is 1. The van der Waals surface area contributed by atoms with E-state index in [9.17, 15) is 9.90 Å². The van der Waals surface area contributed by atoms with E-state index in [0.717, 1.165) is 17.7 Å². The Balaban J connectivity index is 1.49. The first-order valence-corrected chi connectivity index (χ1v) is 12.2. The lowest BCUT2D eigenvalue weighted by molar-refractivity contribution is -0.159. The quantitative estimate of drug-likeness (QED) is 0.562. The smallest absolute Gasteiger partial charge is 0.225 e. The molecule has 35 heavy (non-hydrogen) atoms. The first-order valence-electron chi connectivity index (χ1n) is 11.9. The fourth-order valence-electron chi connectivity index (χ4n) is 4.56. The molecule has 1 atom stereocenters. The van der Waals surface area contributed by atoms with Crippen molar-refractivity contribution >= 4 is 17.5 Å². The van der Waals surface area contributed by atoms with E-state index in [4.69, 9.17) is 30.5 Å². The average Bonchev–Trinajstić information content (AvgIpc) is 2.89. The highest BCUT2D eigenvalue weighted by molar-refractivity contribution is 6.30. The first-order chi connectivity index (χ1) is 17.0. The minimum Gasteiger partial charge on any atom is -0.496 e. The van der Waals surface area contributed by atoms with Gasteiger partial charge in [-0.1, -0.05) is 17.7 Å². The zero-order valence-electron chi connectivity index (χ0n) is 20.1. The van der Waals surface area contributed by atoms with Crippen molar-refractivity contribution < 1.29 is 28.8 Å². The second kappa shape index (κ2) is 12.1. The molecule has 2 fully saturated rings. The highest BCUT2D eigenvalue weighted by Crippen LogP contribution is 2.28. The van der Waals surface area contributed by atoms with Crippen LogP contribution in [0.5, 0.6) is 11.5 Å². The molecule has 4 rings (SSSR count). The molecule has 0 spiro atoms. The van der Waals surface area contributed by atoms with E-state index in [1.54, 1.807) is 19.2 Å². The summed E-state index contributed by atoms with van der Waals surface area (Å²) in [7, 11) is 1.59. The number of benzene rings is 2. The van der Waals surface area contributed by atoms with Crippen LogP contribution in [0.15, 0.2) is 42.5 Å². The minimum atomic E-state index is -0.792. The van der Waals surface area contributed by atoms with Crippen molar-refractivity contribution in [1.29, 1.82) is 0 Å². The van der Waals surface area contributed by atoms with Crippen molar-refractivity contribution in [2.75, 3.05) is 59.7 Å². The van der Waals surface area contributed by atoms with Crippen molar-refractivity contribution in [3.63, 3.8) is 0 Å². The van der Waals surface area contributed by atoms with Crippen LogP contribution in [-0.4, -0.2) is 86.1 Å². The van der Waals surface area contributed by atoms with Crippen LogP contribution in [0.3, 0.4) is 0 Å². The number of halogens is 1. The monoisotopic (exact) mass is 504 g/mol. The van der Waals surface area contributed by atoms with Crippen LogP contribution in [0.1, 0.15) is 17.5 Å². The largest absolute Gasteiger partial charge is 0.496 e. The Bertz CT molecular complexity index is 982. The number of aliphatic hydroxyl groups excluding tert-OH is 1. The maximum Gasteiger partial charge on any atom is 0.225 e. The molecule has 2 saturated heterocycles. The topological polar surface area (TPSA) is 80.7 Å². The molecule has 0 saturated carbocycles. The van der Waals surface area contributed by atoms with Crippen molar-refractivity contribution in [2.24, 2.45) is 0 Å². The Morgan fingerprint density at radius 1 is 1.11 bits per heavy atom. The van der Waals surface area contributed by atoms with Crippen LogP contribution in [-0.2, 0) is 27.4 Å². The average molecular weight is 505 g/mol. The van der Waals surface area contributed by atoms with Gasteiger partial charge in [0.2, 0.25) is 5.91 Å². The molecule has 0 radical (unpaired) electrons. The highest BCUT2D eigenvalue weighted by Gasteiger charge is 2.41.